The summed E-state index contributed by atoms with van der Waals surface area (Å²) in [6.45, 7) is 3.83. The molecule has 1 N–H and O–H groups in total. The lowest BCUT2D eigenvalue weighted by molar-refractivity contribution is 0.872. The molecular formula is C15H13Cl2N3. The van der Waals surface area contributed by atoms with E-state index in [1.54, 1.807) is 24.3 Å². The Kier molecular flexibility index (Phi) is 4.49. The second-order valence-electron chi connectivity index (χ2n) is 4.53. The van der Waals surface area contributed by atoms with Crippen LogP contribution in [0.15, 0.2) is 30.3 Å². The molecule has 1 atom stereocenters. The minimum atomic E-state index is -0.0411. The minimum absolute atomic E-state index is 0.0411. The summed E-state index contributed by atoms with van der Waals surface area (Å²) in [6.07, 6.45) is 0. The molecule has 0 amide bonds. The second-order valence-corrected chi connectivity index (χ2v) is 5.37. The van der Waals surface area contributed by atoms with Gasteiger partial charge in [-0.2, -0.15) is 5.26 Å². The SMILES string of the molecule is Cc1cc(C#N)cc(NC(C)c2ccc(Cl)cc2Cl)n1. The maximum absolute atomic E-state index is 8.97. The minimum Gasteiger partial charge on any atom is -0.363 e. The predicted octanol–water partition coefficient (Wildman–Crippen LogP) is 4.74. The van der Waals surface area contributed by atoms with Crippen molar-refractivity contribution in [1.29, 1.82) is 5.26 Å². The van der Waals surface area contributed by atoms with Crippen molar-refractivity contribution < 1.29 is 0 Å². The molecule has 2 aromatic rings. The number of aromatic nitrogens is 1. The predicted molar refractivity (Wildman–Crippen MR) is 82.2 cm³/mol. The van der Waals surface area contributed by atoms with E-state index in [0.717, 1.165) is 11.3 Å². The van der Waals surface area contributed by atoms with Crippen molar-refractivity contribution >= 4 is 29.0 Å². The van der Waals surface area contributed by atoms with Gasteiger partial charge < -0.3 is 5.32 Å². The molecular weight excluding hydrogens is 293 g/mol. The summed E-state index contributed by atoms with van der Waals surface area (Å²) in [7, 11) is 0. The highest BCUT2D eigenvalue weighted by Gasteiger charge is 2.11. The van der Waals surface area contributed by atoms with E-state index in [-0.39, 0.29) is 6.04 Å². The lowest BCUT2D eigenvalue weighted by atomic mass is 10.1. The highest BCUT2D eigenvalue weighted by atomic mass is 35.5. The van der Waals surface area contributed by atoms with Crippen LogP contribution in [0.2, 0.25) is 10.0 Å². The van der Waals surface area contributed by atoms with Crippen molar-refractivity contribution in [3.05, 3.63) is 57.2 Å². The molecule has 102 valence electrons. The van der Waals surface area contributed by atoms with E-state index in [2.05, 4.69) is 16.4 Å². The van der Waals surface area contributed by atoms with Crippen LogP contribution in [-0.2, 0) is 0 Å². The maximum Gasteiger partial charge on any atom is 0.127 e. The molecule has 1 aromatic heterocycles. The summed E-state index contributed by atoms with van der Waals surface area (Å²) in [5, 5.41) is 13.4. The summed E-state index contributed by atoms with van der Waals surface area (Å²) in [4.78, 5) is 4.36. The smallest absolute Gasteiger partial charge is 0.127 e. The number of nitrogens with zero attached hydrogens (tertiary/aromatic N) is 2. The Hall–Kier alpha value is -1.76. The van der Waals surface area contributed by atoms with Crippen LogP contribution < -0.4 is 5.32 Å². The van der Waals surface area contributed by atoms with Gasteiger partial charge in [-0.05, 0) is 43.7 Å². The van der Waals surface area contributed by atoms with Crippen LogP contribution in [-0.4, -0.2) is 4.98 Å². The van der Waals surface area contributed by atoms with Crippen molar-refractivity contribution in [3.8, 4) is 6.07 Å². The van der Waals surface area contributed by atoms with Crippen molar-refractivity contribution in [3.63, 3.8) is 0 Å². The number of hydrogen-bond acceptors (Lipinski definition) is 3. The van der Waals surface area contributed by atoms with Crippen LogP contribution in [0, 0.1) is 18.3 Å². The van der Waals surface area contributed by atoms with Gasteiger partial charge >= 0.3 is 0 Å². The molecule has 0 radical (unpaired) electrons. The van der Waals surface area contributed by atoms with Gasteiger partial charge in [0.25, 0.3) is 0 Å². The van der Waals surface area contributed by atoms with Crippen LogP contribution in [0.4, 0.5) is 5.82 Å². The molecule has 0 spiro atoms. The van der Waals surface area contributed by atoms with Gasteiger partial charge in [-0.3, -0.25) is 0 Å². The van der Waals surface area contributed by atoms with Gasteiger partial charge in [-0.25, -0.2) is 4.98 Å². The number of hydrogen-bond donors (Lipinski definition) is 1. The normalized spacial score (nSPS) is 11.8. The number of benzene rings is 1. The number of nitriles is 1. The van der Waals surface area contributed by atoms with Gasteiger partial charge in [0.2, 0.25) is 0 Å². The molecule has 1 unspecified atom stereocenters. The van der Waals surface area contributed by atoms with Crippen LogP contribution >= 0.6 is 23.2 Å². The Balaban J connectivity index is 2.25. The van der Waals surface area contributed by atoms with Gasteiger partial charge in [0.15, 0.2) is 0 Å². The van der Waals surface area contributed by atoms with Crippen LogP contribution in [0.3, 0.4) is 0 Å². The first kappa shape index (κ1) is 14.6. The van der Waals surface area contributed by atoms with Gasteiger partial charge in [-0.1, -0.05) is 29.3 Å². The van der Waals surface area contributed by atoms with Crippen molar-refractivity contribution in [2.75, 3.05) is 5.32 Å². The van der Waals surface area contributed by atoms with E-state index < -0.39 is 0 Å². The average molecular weight is 306 g/mol. The lowest BCUT2D eigenvalue weighted by Gasteiger charge is -2.17. The quantitative estimate of drug-likeness (QED) is 0.891. The fourth-order valence-electron chi connectivity index (χ4n) is 1.96. The summed E-state index contributed by atoms with van der Waals surface area (Å²) >= 11 is 12.1. The number of nitrogens with one attached hydrogen (secondary N) is 1. The van der Waals surface area contributed by atoms with Crippen LogP contribution in [0.5, 0.6) is 0 Å². The van der Waals surface area contributed by atoms with Gasteiger partial charge in [-0.15, -0.1) is 0 Å². The summed E-state index contributed by atoms with van der Waals surface area (Å²) < 4.78 is 0. The highest BCUT2D eigenvalue weighted by molar-refractivity contribution is 6.35. The Morgan fingerprint density at radius 2 is 2.00 bits per heavy atom. The Bertz CT molecular complexity index is 677. The number of halogens is 2. The number of pyridine rings is 1. The van der Waals surface area contributed by atoms with Crippen LogP contribution in [0.25, 0.3) is 0 Å². The average Bonchev–Trinajstić information content (AvgIpc) is 2.37. The molecule has 5 heteroatoms. The molecule has 0 aliphatic heterocycles. The van der Waals surface area contributed by atoms with Gasteiger partial charge in [0.1, 0.15) is 5.82 Å². The highest BCUT2D eigenvalue weighted by Crippen LogP contribution is 2.28. The largest absolute Gasteiger partial charge is 0.363 e. The molecule has 2 rings (SSSR count). The van der Waals surface area contributed by atoms with Crippen molar-refractivity contribution in [2.24, 2.45) is 0 Å². The molecule has 20 heavy (non-hydrogen) atoms. The molecule has 1 heterocycles. The van der Waals surface area contributed by atoms with E-state index in [0.29, 0.717) is 21.4 Å². The molecule has 3 nitrogen and oxygen atoms in total. The van der Waals surface area contributed by atoms with E-state index in [1.165, 1.54) is 0 Å². The van der Waals surface area contributed by atoms with E-state index in [4.69, 9.17) is 28.5 Å². The number of rotatable bonds is 3. The van der Waals surface area contributed by atoms with E-state index in [1.807, 2.05) is 19.9 Å². The maximum atomic E-state index is 8.97. The topological polar surface area (TPSA) is 48.7 Å². The molecule has 0 fully saturated rings. The molecule has 0 aliphatic rings. The summed E-state index contributed by atoms with van der Waals surface area (Å²) in [6, 6.07) is 10.9. The van der Waals surface area contributed by atoms with Crippen LogP contribution in [0.1, 0.15) is 29.8 Å². The van der Waals surface area contributed by atoms with E-state index in [9.17, 15) is 0 Å². The zero-order valence-corrected chi connectivity index (χ0v) is 12.6. The molecule has 0 saturated heterocycles. The Morgan fingerprint density at radius 3 is 2.65 bits per heavy atom. The first-order valence-corrected chi connectivity index (χ1v) is 6.85. The zero-order valence-electron chi connectivity index (χ0n) is 11.1. The Labute approximate surface area is 128 Å². The Morgan fingerprint density at radius 1 is 1.25 bits per heavy atom. The fraction of sp³-hybridized carbons (Fsp3) is 0.200. The second kappa shape index (κ2) is 6.13. The number of aryl methyl sites for hydroxylation is 1. The standard InChI is InChI=1S/C15H13Cl2N3/c1-9-5-11(8-18)6-15(19-9)20-10(2)13-4-3-12(16)7-14(13)17/h3-7,10H,1-2H3,(H,19,20). The number of anilines is 1. The summed E-state index contributed by atoms with van der Waals surface area (Å²) in [5.74, 6) is 0.653. The van der Waals surface area contributed by atoms with E-state index >= 15 is 0 Å². The van der Waals surface area contributed by atoms with Crippen molar-refractivity contribution in [2.45, 2.75) is 19.9 Å². The molecule has 0 bridgehead atoms. The fourth-order valence-corrected chi connectivity index (χ4v) is 2.53. The first-order valence-electron chi connectivity index (χ1n) is 6.10. The molecule has 0 saturated carbocycles. The third kappa shape index (κ3) is 3.41. The molecule has 1 aromatic carbocycles. The van der Waals surface area contributed by atoms with Gasteiger partial charge in [0.05, 0.1) is 17.7 Å². The van der Waals surface area contributed by atoms with Gasteiger partial charge in [0, 0.05) is 15.7 Å². The monoisotopic (exact) mass is 305 g/mol. The lowest BCUT2D eigenvalue weighted by Crippen LogP contribution is -2.09. The summed E-state index contributed by atoms with van der Waals surface area (Å²) in [5.41, 5.74) is 2.30. The van der Waals surface area contributed by atoms with Crippen molar-refractivity contribution in [1.82, 2.24) is 4.98 Å². The third-order valence-electron chi connectivity index (χ3n) is 2.88. The molecule has 0 aliphatic carbocycles. The first-order chi connectivity index (χ1) is 9.49. The zero-order chi connectivity index (χ0) is 14.7. The third-order valence-corrected chi connectivity index (χ3v) is 3.44.